The molecule has 1 aliphatic carbocycles. The van der Waals surface area contributed by atoms with Gasteiger partial charge in [-0.2, -0.15) is 0 Å². The molecule has 0 spiro atoms. The van der Waals surface area contributed by atoms with Crippen molar-refractivity contribution in [2.75, 3.05) is 0 Å². The van der Waals surface area contributed by atoms with Crippen LogP contribution in [0.25, 0.3) is 20.8 Å². The molecule has 2 aromatic carbocycles. The summed E-state index contributed by atoms with van der Waals surface area (Å²) in [6, 6.07) is 13.7. The number of benzene rings is 2. The zero-order valence-electron chi connectivity index (χ0n) is 21.0. The molecule has 1 fully saturated rings. The fourth-order valence-electron chi connectivity index (χ4n) is 4.67. The van der Waals surface area contributed by atoms with Crippen LogP contribution < -0.4 is 4.74 Å². The number of thiophene rings is 1. The summed E-state index contributed by atoms with van der Waals surface area (Å²) in [6.07, 6.45) is 6.22. The molecule has 0 bridgehead atoms. The molecule has 0 saturated heterocycles. The number of halogens is 2. The second-order valence-corrected chi connectivity index (χ2v) is 10.9. The maximum Gasteiger partial charge on any atom is 0.166 e. The average molecular weight is 544 g/mol. The number of aryl methyl sites for hydroxylation is 1. The number of ether oxygens (including phenoxy) is 1. The number of imidazole rings is 1. The molecule has 196 valence electrons. The van der Waals surface area contributed by atoms with Gasteiger partial charge in [-0.1, -0.05) is 18.2 Å². The number of Topliss-reactive ketones (excluding diaryl/α,β-unsaturated/α-hetero) is 2. The summed E-state index contributed by atoms with van der Waals surface area (Å²) in [4.78, 5) is 35.7. The topological polar surface area (TPSA) is 74.1 Å². The molecule has 0 amide bonds. The Morgan fingerprint density at radius 2 is 1.67 bits per heavy atom. The van der Waals surface area contributed by atoms with E-state index in [0.717, 1.165) is 20.8 Å². The van der Waals surface area contributed by atoms with Crippen molar-refractivity contribution >= 4 is 33.1 Å². The highest BCUT2D eigenvalue weighted by Crippen LogP contribution is 2.49. The van der Waals surface area contributed by atoms with E-state index < -0.39 is 11.2 Å². The van der Waals surface area contributed by atoms with Crippen LogP contribution in [-0.2, 0) is 29.5 Å². The predicted octanol–water partition coefficient (Wildman–Crippen LogP) is 6.47. The van der Waals surface area contributed by atoms with Crippen molar-refractivity contribution in [2.45, 2.75) is 25.7 Å². The van der Waals surface area contributed by atoms with Crippen LogP contribution >= 0.6 is 11.3 Å². The lowest BCUT2D eigenvalue weighted by molar-refractivity contribution is -0.133. The lowest BCUT2D eigenvalue weighted by Crippen LogP contribution is -2.28. The summed E-state index contributed by atoms with van der Waals surface area (Å²) >= 11 is 1.46. The van der Waals surface area contributed by atoms with Crippen LogP contribution in [0.15, 0.2) is 73.3 Å². The number of pyridine rings is 1. The standard InChI is InChI=1S/C30H23F2N3O3S/c1-35-16-23(34-17-35)26-15-22-29(39-26)25(8-11-33-22)38-24-7-4-19(12-21(24)32)14-28(37)30(9-10-30)27(36)13-18-2-5-20(31)6-3-18/h2-8,11-12,15-17H,9-10,13-14H2,1H3. The fourth-order valence-corrected chi connectivity index (χ4v) is 5.69. The number of hydrogen-bond acceptors (Lipinski definition) is 6. The van der Waals surface area contributed by atoms with Gasteiger partial charge >= 0.3 is 0 Å². The molecule has 0 N–H and O–H groups in total. The molecule has 1 saturated carbocycles. The van der Waals surface area contributed by atoms with E-state index in [1.165, 1.54) is 35.6 Å². The normalized spacial score (nSPS) is 13.9. The third-order valence-corrected chi connectivity index (χ3v) is 8.17. The van der Waals surface area contributed by atoms with E-state index in [9.17, 15) is 14.0 Å². The molecule has 3 heterocycles. The molecule has 0 radical (unpaired) electrons. The third kappa shape index (κ3) is 4.97. The Morgan fingerprint density at radius 3 is 2.33 bits per heavy atom. The maximum atomic E-state index is 15.1. The Balaban J connectivity index is 1.16. The highest BCUT2D eigenvalue weighted by Gasteiger charge is 2.54. The summed E-state index contributed by atoms with van der Waals surface area (Å²) in [7, 11) is 1.90. The van der Waals surface area contributed by atoms with Crippen LogP contribution in [-0.4, -0.2) is 26.1 Å². The molecule has 0 aliphatic heterocycles. The van der Waals surface area contributed by atoms with Crippen LogP contribution in [0.1, 0.15) is 24.0 Å². The number of hydrogen-bond donors (Lipinski definition) is 0. The van der Waals surface area contributed by atoms with E-state index in [0.29, 0.717) is 29.7 Å². The van der Waals surface area contributed by atoms with Gasteiger partial charge in [0.2, 0.25) is 0 Å². The smallest absolute Gasteiger partial charge is 0.166 e. The van der Waals surface area contributed by atoms with Crippen LogP contribution in [0.3, 0.4) is 0 Å². The van der Waals surface area contributed by atoms with Gasteiger partial charge in [0.05, 0.1) is 32.5 Å². The quantitative estimate of drug-likeness (QED) is 0.199. The zero-order valence-corrected chi connectivity index (χ0v) is 21.8. The first-order valence-corrected chi connectivity index (χ1v) is 13.3. The van der Waals surface area contributed by atoms with Gasteiger partial charge in [0.25, 0.3) is 0 Å². The largest absolute Gasteiger partial charge is 0.453 e. The van der Waals surface area contributed by atoms with Gasteiger partial charge in [0, 0.05) is 38.3 Å². The van der Waals surface area contributed by atoms with E-state index in [1.54, 1.807) is 36.8 Å². The van der Waals surface area contributed by atoms with E-state index in [4.69, 9.17) is 4.74 Å². The van der Waals surface area contributed by atoms with E-state index in [-0.39, 0.29) is 36.0 Å². The third-order valence-electron chi connectivity index (χ3n) is 7.01. The molecule has 39 heavy (non-hydrogen) atoms. The van der Waals surface area contributed by atoms with Crippen molar-refractivity contribution in [3.8, 4) is 22.1 Å². The van der Waals surface area contributed by atoms with E-state index in [1.807, 2.05) is 23.9 Å². The van der Waals surface area contributed by atoms with Gasteiger partial charge in [0.1, 0.15) is 11.6 Å². The number of fused-ring (bicyclic) bond motifs is 1. The van der Waals surface area contributed by atoms with Crippen molar-refractivity contribution in [2.24, 2.45) is 12.5 Å². The fraction of sp³-hybridized carbons (Fsp3) is 0.200. The first kappa shape index (κ1) is 25.1. The van der Waals surface area contributed by atoms with Gasteiger partial charge in [-0.15, -0.1) is 11.3 Å². The number of aromatic nitrogens is 3. The molecule has 0 atom stereocenters. The number of carbonyl (C=O) groups excluding carboxylic acids is 2. The lowest BCUT2D eigenvalue weighted by Gasteiger charge is -2.14. The zero-order chi connectivity index (χ0) is 27.1. The molecule has 1 aliphatic rings. The summed E-state index contributed by atoms with van der Waals surface area (Å²) in [6.45, 7) is 0. The highest BCUT2D eigenvalue weighted by atomic mass is 32.1. The minimum Gasteiger partial charge on any atom is -0.453 e. The number of rotatable bonds is 9. The van der Waals surface area contributed by atoms with Gasteiger partial charge in [0.15, 0.2) is 23.1 Å². The first-order chi connectivity index (χ1) is 18.8. The minimum absolute atomic E-state index is 0.0278. The molecular formula is C30H23F2N3O3S. The van der Waals surface area contributed by atoms with E-state index >= 15 is 4.39 Å². The average Bonchev–Trinajstić information content (AvgIpc) is 3.44. The van der Waals surface area contributed by atoms with Crippen molar-refractivity contribution in [3.05, 3.63) is 96.1 Å². The summed E-state index contributed by atoms with van der Waals surface area (Å²) in [5.41, 5.74) is 1.64. The van der Waals surface area contributed by atoms with Crippen molar-refractivity contribution < 1.29 is 23.1 Å². The predicted molar refractivity (Wildman–Crippen MR) is 144 cm³/mol. The molecule has 6 nitrogen and oxygen atoms in total. The van der Waals surface area contributed by atoms with Gasteiger partial charge in [-0.05, 0) is 54.3 Å². The Bertz CT molecular complexity index is 1720. The molecule has 5 aromatic rings. The van der Waals surface area contributed by atoms with Crippen LogP contribution in [0, 0.1) is 17.0 Å². The number of ketones is 2. The maximum absolute atomic E-state index is 15.1. The van der Waals surface area contributed by atoms with Crippen molar-refractivity contribution in [3.63, 3.8) is 0 Å². The second-order valence-electron chi connectivity index (χ2n) is 9.83. The number of nitrogens with zero attached hydrogens (tertiary/aromatic N) is 3. The molecule has 9 heteroatoms. The minimum atomic E-state index is -1.03. The Labute approximate surface area is 226 Å². The van der Waals surface area contributed by atoms with Crippen molar-refractivity contribution in [1.29, 1.82) is 0 Å². The van der Waals surface area contributed by atoms with Gasteiger partial charge < -0.3 is 9.30 Å². The monoisotopic (exact) mass is 543 g/mol. The van der Waals surface area contributed by atoms with Crippen LogP contribution in [0.4, 0.5) is 8.78 Å². The SMILES string of the molecule is Cn1cnc(-c2cc3nccc(Oc4ccc(CC(=O)C5(C(=O)Cc6ccc(F)cc6)CC5)cc4F)c3s2)c1. The Hall–Kier alpha value is -4.24. The van der Waals surface area contributed by atoms with Gasteiger partial charge in [-0.25, -0.2) is 13.8 Å². The molecular weight excluding hydrogens is 520 g/mol. The first-order valence-electron chi connectivity index (χ1n) is 12.4. The van der Waals surface area contributed by atoms with Crippen molar-refractivity contribution in [1.82, 2.24) is 14.5 Å². The second kappa shape index (κ2) is 9.81. The molecule has 6 rings (SSSR count). The highest BCUT2D eigenvalue weighted by molar-refractivity contribution is 7.22. The summed E-state index contributed by atoms with van der Waals surface area (Å²) < 4.78 is 36.8. The van der Waals surface area contributed by atoms with E-state index in [2.05, 4.69) is 9.97 Å². The molecule has 3 aromatic heterocycles. The summed E-state index contributed by atoms with van der Waals surface area (Å²) in [5, 5.41) is 0. The van der Waals surface area contributed by atoms with Crippen LogP contribution in [0.2, 0.25) is 0 Å². The number of carbonyl (C=O) groups is 2. The Morgan fingerprint density at radius 1 is 0.949 bits per heavy atom. The Kier molecular flexibility index (Phi) is 6.31. The lowest BCUT2D eigenvalue weighted by atomic mass is 9.88. The van der Waals surface area contributed by atoms with Crippen LogP contribution in [0.5, 0.6) is 11.5 Å². The summed E-state index contributed by atoms with van der Waals surface area (Å²) in [5.74, 6) is -0.884. The van der Waals surface area contributed by atoms with Gasteiger partial charge in [-0.3, -0.25) is 14.6 Å². The molecule has 0 unspecified atom stereocenters.